The molecule has 1 aromatic carbocycles. The van der Waals surface area contributed by atoms with Crippen molar-refractivity contribution in [2.24, 2.45) is 0 Å². The fraction of sp³-hybridized carbons (Fsp3) is 0.0833. The summed E-state index contributed by atoms with van der Waals surface area (Å²) in [6.45, 7) is 3.56. The molecule has 2 rings (SSSR count). The first-order valence-electron chi connectivity index (χ1n) is 4.55. The lowest BCUT2D eigenvalue weighted by molar-refractivity contribution is -0.133. The minimum absolute atomic E-state index is 0.212. The van der Waals surface area contributed by atoms with Crippen LogP contribution in [0.2, 0.25) is 0 Å². The van der Waals surface area contributed by atoms with Crippen molar-refractivity contribution in [2.45, 2.75) is 6.10 Å². The molecular formula is C12H10O3. The van der Waals surface area contributed by atoms with E-state index in [-0.39, 0.29) is 5.57 Å². The fourth-order valence-electron chi connectivity index (χ4n) is 1.52. The Bertz CT molecular complexity index is 446. The van der Waals surface area contributed by atoms with Crippen LogP contribution in [0.1, 0.15) is 5.56 Å². The molecule has 0 fully saturated rings. The number of carboxylic acid groups (broad SMARTS) is 1. The van der Waals surface area contributed by atoms with E-state index < -0.39 is 12.1 Å². The zero-order valence-electron chi connectivity index (χ0n) is 8.01. The molecule has 3 heteroatoms. The van der Waals surface area contributed by atoms with Gasteiger partial charge in [-0.25, -0.2) is 4.79 Å². The van der Waals surface area contributed by atoms with Crippen molar-refractivity contribution in [2.75, 3.05) is 0 Å². The Balaban J connectivity index is 2.50. The van der Waals surface area contributed by atoms with Crippen LogP contribution in [-0.4, -0.2) is 17.2 Å². The lowest BCUT2D eigenvalue weighted by Crippen LogP contribution is -2.24. The molecular weight excluding hydrogens is 192 g/mol. The van der Waals surface area contributed by atoms with Gasteiger partial charge < -0.3 is 9.84 Å². The zero-order chi connectivity index (χ0) is 10.8. The molecule has 3 nitrogen and oxygen atoms in total. The lowest BCUT2D eigenvalue weighted by Gasteiger charge is -2.22. The van der Waals surface area contributed by atoms with E-state index in [1.807, 2.05) is 18.2 Å². The van der Waals surface area contributed by atoms with Crippen LogP contribution in [0.25, 0.3) is 6.08 Å². The molecule has 0 saturated carbocycles. The van der Waals surface area contributed by atoms with Crippen LogP contribution in [0.3, 0.4) is 0 Å². The average Bonchev–Trinajstić information content (AvgIpc) is 2.27. The number of para-hydroxylation sites is 1. The second-order valence-electron chi connectivity index (χ2n) is 3.22. The van der Waals surface area contributed by atoms with E-state index in [0.29, 0.717) is 5.75 Å². The van der Waals surface area contributed by atoms with Crippen LogP contribution in [-0.2, 0) is 4.79 Å². The van der Waals surface area contributed by atoms with Crippen LogP contribution in [0.4, 0.5) is 0 Å². The molecule has 0 saturated heterocycles. The van der Waals surface area contributed by atoms with E-state index in [2.05, 4.69) is 6.58 Å². The van der Waals surface area contributed by atoms with E-state index in [1.54, 1.807) is 12.1 Å². The van der Waals surface area contributed by atoms with Gasteiger partial charge in [-0.2, -0.15) is 0 Å². The third-order valence-corrected chi connectivity index (χ3v) is 2.25. The number of rotatable bonds is 2. The molecule has 1 N–H and O–H groups in total. The predicted molar refractivity (Wildman–Crippen MR) is 56.7 cm³/mol. The van der Waals surface area contributed by atoms with Crippen LogP contribution >= 0.6 is 0 Å². The summed E-state index contributed by atoms with van der Waals surface area (Å²) in [7, 11) is 0. The summed E-state index contributed by atoms with van der Waals surface area (Å²) in [5.41, 5.74) is 0.997. The second-order valence-corrected chi connectivity index (χ2v) is 3.22. The highest BCUT2D eigenvalue weighted by molar-refractivity contribution is 5.95. The van der Waals surface area contributed by atoms with Gasteiger partial charge in [0.1, 0.15) is 11.9 Å². The van der Waals surface area contributed by atoms with Crippen LogP contribution in [0.15, 0.2) is 42.5 Å². The van der Waals surface area contributed by atoms with E-state index in [1.165, 1.54) is 6.08 Å². The highest BCUT2D eigenvalue weighted by atomic mass is 16.5. The van der Waals surface area contributed by atoms with Crippen molar-refractivity contribution < 1.29 is 14.6 Å². The van der Waals surface area contributed by atoms with Gasteiger partial charge in [-0.1, -0.05) is 24.8 Å². The summed E-state index contributed by atoms with van der Waals surface area (Å²) in [6.07, 6.45) is 2.53. The first-order chi connectivity index (χ1) is 7.22. The van der Waals surface area contributed by atoms with Crippen molar-refractivity contribution in [1.29, 1.82) is 0 Å². The maximum Gasteiger partial charge on any atom is 0.335 e. The van der Waals surface area contributed by atoms with Gasteiger partial charge >= 0.3 is 5.97 Å². The normalized spacial score (nSPS) is 18.4. The van der Waals surface area contributed by atoms with Gasteiger partial charge in [-0.3, -0.25) is 0 Å². The van der Waals surface area contributed by atoms with Gasteiger partial charge in [0.2, 0.25) is 0 Å². The topological polar surface area (TPSA) is 46.5 Å². The van der Waals surface area contributed by atoms with Crippen molar-refractivity contribution in [3.05, 3.63) is 48.1 Å². The molecule has 0 aliphatic carbocycles. The first-order valence-corrected chi connectivity index (χ1v) is 4.55. The number of fused-ring (bicyclic) bond motifs is 1. The smallest absolute Gasteiger partial charge is 0.335 e. The fourth-order valence-corrected chi connectivity index (χ4v) is 1.52. The molecule has 1 atom stereocenters. The van der Waals surface area contributed by atoms with Gasteiger partial charge in [0.25, 0.3) is 0 Å². The van der Waals surface area contributed by atoms with Crippen LogP contribution < -0.4 is 4.74 Å². The number of hydrogen-bond donors (Lipinski definition) is 1. The Morgan fingerprint density at radius 2 is 2.20 bits per heavy atom. The Hall–Kier alpha value is -2.03. The van der Waals surface area contributed by atoms with Crippen molar-refractivity contribution in [1.82, 2.24) is 0 Å². The molecule has 0 amide bonds. The monoisotopic (exact) mass is 202 g/mol. The van der Waals surface area contributed by atoms with Crippen molar-refractivity contribution in [3.8, 4) is 5.75 Å². The summed E-state index contributed by atoms with van der Waals surface area (Å²) in [4.78, 5) is 10.9. The summed E-state index contributed by atoms with van der Waals surface area (Å²) in [5.74, 6) is -0.290. The standard InChI is InChI=1S/C12H10O3/c1-2-10-9(12(13)14)7-8-5-3-4-6-11(8)15-10/h2-7,10H,1H2,(H,13,14). The summed E-state index contributed by atoms with van der Waals surface area (Å²) in [6, 6.07) is 7.31. The van der Waals surface area contributed by atoms with Gasteiger partial charge in [0, 0.05) is 5.56 Å². The third kappa shape index (κ3) is 1.64. The molecule has 0 bridgehead atoms. The maximum atomic E-state index is 10.9. The number of hydrogen-bond acceptors (Lipinski definition) is 2. The first kappa shape index (κ1) is 9.52. The van der Waals surface area contributed by atoms with Gasteiger partial charge in [0.15, 0.2) is 0 Å². The molecule has 1 aliphatic heterocycles. The summed E-state index contributed by atoms with van der Waals surface area (Å²) >= 11 is 0. The lowest BCUT2D eigenvalue weighted by atomic mass is 10.0. The maximum absolute atomic E-state index is 10.9. The number of benzene rings is 1. The van der Waals surface area contributed by atoms with Gasteiger partial charge in [-0.15, -0.1) is 0 Å². The molecule has 0 radical (unpaired) electrons. The number of carboxylic acids is 1. The van der Waals surface area contributed by atoms with Crippen molar-refractivity contribution >= 4 is 12.0 Å². The van der Waals surface area contributed by atoms with Gasteiger partial charge in [-0.05, 0) is 18.2 Å². The quantitative estimate of drug-likeness (QED) is 0.747. The SMILES string of the molecule is C=CC1Oc2ccccc2C=C1C(=O)O. The average molecular weight is 202 g/mol. The Kier molecular flexibility index (Phi) is 2.29. The van der Waals surface area contributed by atoms with E-state index in [9.17, 15) is 4.79 Å². The molecule has 15 heavy (non-hydrogen) atoms. The third-order valence-electron chi connectivity index (χ3n) is 2.25. The highest BCUT2D eigenvalue weighted by Gasteiger charge is 2.24. The molecule has 0 aromatic heterocycles. The Labute approximate surface area is 87.3 Å². The molecule has 1 heterocycles. The minimum atomic E-state index is -0.977. The molecule has 76 valence electrons. The molecule has 1 aromatic rings. The van der Waals surface area contributed by atoms with E-state index in [4.69, 9.17) is 9.84 Å². The number of ether oxygens (including phenoxy) is 1. The Morgan fingerprint density at radius 1 is 1.47 bits per heavy atom. The Morgan fingerprint density at radius 3 is 2.87 bits per heavy atom. The minimum Gasteiger partial charge on any atom is -0.481 e. The van der Waals surface area contributed by atoms with Crippen LogP contribution in [0.5, 0.6) is 5.75 Å². The predicted octanol–water partition coefficient (Wildman–Crippen LogP) is 2.10. The van der Waals surface area contributed by atoms with Crippen LogP contribution in [0, 0.1) is 0 Å². The summed E-state index contributed by atoms with van der Waals surface area (Å²) < 4.78 is 5.49. The highest BCUT2D eigenvalue weighted by Crippen LogP contribution is 2.29. The molecule has 1 unspecified atom stereocenters. The van der Waals surface area contributed by atoms with Gasteiger partial charge in [0.05, 0.1) is 5.57 Å². The van der Waals surface area contributed by atoms with Crippen molar-refractivity contribution in [3.63, 3.8) is 0 Å². The molecule has 1 aliphatic rings. The molecule has 0 spiro atoms. The summed E-state index contributed by atoms with van der Waals surface area (Å²) in [5, 5.41) is 8.97. The zero-order valence-corrected chi connectivity index (χ0v) is 8.01. The van der Waals surface area contributed by atoms with E-state index >= 15 is 0 Å². The largest absolute Gasteiger partial charge is 0.481 e. The second kappa shape index (κ2) is 3.61. The van der Waals surface area contributed by atoms with E-state index in [0.717, 1.165) is 5.56 Å². The number of carbonyl (C=O) groups is 1. The number of aliphatic carboxylic acids is 1.